The van der Waals surface area contributed by atoms with E-state index in [2.05, 4.69) is 21.2 Å². The number of carboxylic acid groups (broad SMARTS) is 1. The zero-order valence-corrected chi connectivity index (χ0v) is 10.9. The van der Waals surface area contributed by atoms with Crippen molar-refractivity contribution in [2.45, 2.75) is 0 Å². The van der Waals surface area contributed by atoms with Crippen LogP contribution in [0.3, 0.4) is 0 Å². The van der Waals surface area contributed by atoms with Crippen LogP contribution in [0.4, 0.5) is 4.39 Å². The minimum absolute atomic E-state index is 0.0744. The van der Waals surface area contributed by atoms with Crippen molar-refractivity contribution in [2.24, 2.45) is 0 Å². The highest BCUT2D eigenvalue weighted by molar-refractivity contribution is 9.10. The molecule has 0 aliphatic rings. The predicted octanol–water partition coefficient (Wildman–Crippen LogP) is 1.42. The molecule has 18 heavy (non-hydrogen) atoms. The standard InChI is InChI=1S/C11H11BrFNO4/c12-9-2-1-7(13)5-8(9)11(17)14-3-4-18-6-10(15)16/h1-2,5H,3-4,6H2,(H,14,17)(H,15,16). The van der Waals surface area contributed by atoms with Gasteiger partial charge in [0.25, 0.3) is 5.91 Å². The second kappa shape index (κ2) is 7.07. The van der Waals surface area contributed by atoms with Gasteiger partial charge in [0.1, 0.15) is 12.4 Å². The lowest BCUT2D eigenvalue weighted by molar-refractivity contribution is -0.142. The van der Waals surface area contributed by atoms with Gasteiger partial charge < -0.3 is 15.2 Å². The molecule has 0 aliphatic heterocycles. The van der Waals surface area contributed by atoms with Crippen LogP contribution in [0.1, 0.15) is 10.4 Å². The van der Waals surface area contributed by atoms with Gasteiger partial charge in [-0.1, -0.05) is 0 Å². The minimum atomic E-state index is -1.07. The smallest absolute Gasteiger partial charge is 0.329 e. The number of nitrogens with one attached hydrogen (secondary N) is 1. The zero-order valence-electron chi connectivity index (χ0n) is 9.28. The number of hydrogen-bond acceptors (Lipinski definition) is 3. The van der Waals surface area contributed by atoms with Crippen molar-refractivity contribution >= 4 is 27.8 Å². The summed E-state index contributed by atoms with van der Waals surface area (Å²) in [5.41, 5.74) is 0.174. The average molecular weight is 320 g/mol. The van der Waals surface area contributed by atoms with Crippen LogP contribution in [0.2, 0.25) is 0 Å². The van der Waals surface area contributed by atoms with Crippen LogP contribution in [-0.2, 0) is 9.53 Å². The number of aliphatic carboxylic acids is 1. The molecule has 0 unspecified atom stereocenters. The molecule has 0 fully saturated rings. The Balaban J connectivity index is 2.41. The third kappa shape index (κ3) is 4.80. The summed E-state index contributed by atoms with van der Waals surface area (Å²) in [5, 5.41) is 10.8. The number of benzene rings is 1. The number of carbonyl (C=O) groups excluding carboxylic acids is 1. The first kappa shape index (κ1) is 14.6. The van der Waals surface area contributed by atoms with E-state index in [-0.39, 0.29) is 18.7 Å². The highest BCUT2D eigenvalue weighted by Crippen LogP contribution is 2.17. The van der Waals surface area contributed by atoms with Crippen LogP contribution in [0.15, 0.2) is 22.7 Å². The van der Waals surface area contributed by atoms with Crippen LogP contribution < -0.4 is 5.32 Å². The van der Waals surface area contributed by atoms with Gasteiger partial charge in [0.2, 0.25) is 0 Å². The summed E-state index contributed by atoms with van der Waals surface area (Å²) in [6.45, 7) is -0.195. The van der Waals surface area contributed by atoms with Gasteiger partial charge in [0.15, 0.2) is 0 Å². The summed E-state index contributed by atoms with van der Waals surface area (Å²) in [7, 11) is 0. The third-order valence-electron chi connectivity index (χ3n) is 1.93. The summed E-state index contributed by atoms with van der Waals surface area (Å²) < 4.78 is 18.2. The molecule has 0 saturated carbocycles. The molecule has 0 aliphatic carbocycles. The average Bonchev–Trinajstić information content (AvgIpc) is 2.31. The van der Waals surface area contributed by atoms with Crippen LogP contribution in [0.25, 0.3) is 0 Å². The topological polar surface area (TPSA) is 75.6 Å². The Bertz CT molecular complexity index is 453. The monoisotopic (exact) mass is 319 g/mol. The van der Waals surface area contributed by atoms with Crippen molar-refractivity contribution < 1.29 is 23.8 Å². The fourth-order valence-corrected chi connectivity index (χ4v) is 1.59. The first-order chi connectivity index (χ1) is 8.50. The number of hydrogen-bond donors (Lipinski definition) is 2. The van der Waals surface area contributed by atoms with Gasteiger partial charge in [-0.15, -0.1) is 0 Å². The van der Waals surface area contributed by atoms with E-state index < -0.39 is 24.3 Å². The van der Waals surface area contributed by atoms with Gasteiger partial charge in [-0.25, -0.2) is 9.18 Å². The molecule has 7 heteroatoms. The Labute approximate surface area is 111 Å². The van der Waals surface area contributed by atoms with Gasteiger partial charge >= 0.3 is 5.97 Å². The number of ether oxygens (including phenoxy) is 1. The van der Waals surface area contributed by atoms with E-state index in [9.17, 15) is 14.0 Å². The maximum atomic E-state index is 12.9. The summed E-state index contributed by atoms with van der Waals surface area (Å²) in [6.07, 6.45) is 0. The van der Waals surface area contributed by atoms with E-state index in [1.165, 1.54) is 12.1 Å². The van der Waals surface area contributed by atoms with Crippen LogP contribution in [0, 0.1) is 5.82 Å². The fourth-order valence-electron chi connectivity index (χ4n) is 1.16. The molecular formula is C11H11BrFNO4. The van der Waals surface area contributed by atoms with Crippen molar-refractivity contribution in [3.8, 4) is 0 Å². The van der Waals surface area contributed by atoms with E-state index in [0.717, 1.165) is 6.07 Å². The fraction of sp³-hybridized carbons (Fsp3) is 0.273. The summed E-state index contributed by atoms with van der Waals surface area (Å²) in [6, 6.07) is 3.78. The molecular weight excluding hydrogens is 309 g/mol. The molecule has 1 rings (SSSR count). The van der Waals surface area contributed by atoms with Crippen molar-refractivity contribution in [1.82, 2.24) is 5.32 Å². The van der Waals surface area contributed by atoms with Gasteiger partial charge in [-0.2, -0.15) is 0 Å². The summed E-state index contributed by atoms with van der Waals surface area (Å²) in [4.78, 5) is 21.8. The highest BCUT2D eigenvalue weighted by atomic mass is 79.9. The molecule has 0 atom stereocenters. The molecule has 0 aromatic heterocycles. The van der Waals surface area contributed by atoms with Crippen LogP contribution >= 0.6 is 15.9 Å². The number of amides is 1. The number of halogens is 2. The predicted molar refractivity (Wildman–Crippen MR) is 64.9 cm³/mol. The molecule has 98 valence electrons. The quantitative estimate of drug-likeness (QED) is 0.777. The maximum absolute atomic E-state index is 12.9. The molecule has 0 radical (unpaired) electrons. The van der Waals surface area contributed by atoms with E-state index in [1.54, 1.807) is 0 Å². The van der Waals surface area contributed by atoms with Crippen molar-refractivity contribution in [3.63, 3.8) is 0 Å². The largest absolute Gasteiger partial charge is 0.480 e. The molecule has 5 nitrogen and oxygen atoms in total. The van der Waals surface area contributed by atoms with Gasteiger partial charge in [0, 0.05) is 11.0 Å². The molecule has 0 bridgehead atoms. The Kier molecular flexibility index (Phi) is 5.73. The second-order valence-electron chi connectivity index (χ2n) is 3.33. The molecule has 0 saturated heterocycles. The highest BCUT2D eigenvalue weighted by Gasteiger charge is 2.10. The van der Waals surface area contributed by atoms with Crippen molar-refractivity contribution in [2.75, 3.05) is 19.8 Å². The first-order valence-electron chi connectivity index (χ1n) is 5.03. The lowest BCUT2D eigenvalue weighted by Gasteiger charge is -2.07. The molecule has 1 aromatic carbocycles. The Hall–Kier alpha value is -1.47. The number of carboxylic acids is 1. The summed E-state index contributed by atoms with van der Waals surface area (Å²) >= 11 is 3.14. The van der Waals surface area contributed by atoms with Gasteiger partial charge in [-0.05, 0) is 34.1 Å². The molecule has 2 N–H and O–H groups in total. The second-order valence-corrected chi connectivity index (χ2v) is 4.18. The van der Waals surface area contributed by atoms with Gasteiger partial charge in [0.05, 0.1) is 12.2 Å². The Morgan fingerprint density at radius 2 is 2.17 bits per heavy atom. The molecule has 1 amide bonds. The summed E-state index contributed by atoms with van der Waals surface area (Å²) in [5.74, 6) is -2.04. The maximum Gasteiger partial charge on any atom is 0.329 e. The third-order valence-corrected chi connectivity index (χ3v) is 2.62. The Morgan fingerprint density at radius 3 is 2.83 bits per heavy atom. The van der Waals surface area contributed by atoms with Gasteiger partial charge in [-0.3, -0.25) is 4.79 Å². The van der Waals surface area contributed by atoms with Crippen LogP contribution in [-0.4, -0.2) is 36.7 Å². The number of carbonyl (C=O) groups is 2. The molecule has 1 aromatic rings. The Morgan fingerprint density at radius 1 is 1.44 bits per heavy atom. The van der Waals surface area contributed by atoms with Crippen molar-refractivity contribution in [1.29, 1.82) is 0 Å². The van der Waals surface area contributed by atoms with E-state index >= 15 is 0 Å². The minimum Gasteiger partial charge on any atom is -0.480 e. The van der Waals surface area contributed by atoms with Crippen LogP contribution in [0.5, 0.6) is 0 Å². The normalized spacial score (nSPS) is 10.1. The van der Waals surface area contributed by atoms with Crippen molar-refractivity contribution in [3.05, 3.63) is 34.1 Å². The SMILES string of the molecule is O=C(O)COCCNC(=O)c1cc(F)ccc1Br. The van der Waals surface area contributed by atoms with E-state index in [1.807, 2.05) is 0 Å². The molecule has 0 heterocycles. The lowest BCUT2D eigenvalue weighted by Crippen LogP contribution is -2.28. The first-order valence-corrected chi connectivity index (χ1v) is 5.83. The zero-order chi connectivity index (χ0) is 13.5. The van der Waals surface area contributed by atoms with E-state index in [4.69, 9.17) is 9.84 Å². The van der Waals surface area contributed by atoms with E-state index in [0.29, 0.717) is 4.47 Å². The molecule has 0 spiro atoms. The number of rotatable bonds is 6. The lowest BCUT2D eigenvalue weighted by atomic mass is 10.2.